The Morgan fingerprint density at radius 2 is 1.85 bits per heavy atom. The molecule has 1 aliphatic rings. The first-order valence-corrected chi connectivity index (χ1v) is 8.92. The minimum atomic E-state index is -1.18. The Hall–Kier alpha value is -2.28. The Morgan fingerprint density at radius 3 is 2.46 bits per heavy atom. The lowest BCUT2D eigenvalue weighted by Crippen LogP contribution is -2.42. The van der Waals surface area contributed by atoms with E-state index in [9.17, 15) is 9.59 Å². The number of carbonyl (C=O) groups is 2. The first-order chi connectivity index (χ1) is 12.4. The molecule has 1 saturated heterocycles. The van der Waals surface area contributed by atoms with Crippen molar-refractivity contribution in [3.05, 3.63) is 23.8 Å². The van der Waals surface area contributed by atoms with Crippen LogP contribution in [0.3, 0.4) is 0 Å². The summed E-state index contributed by atoms with van der Waals surface area (Å²) >= 11 is 0. The van der Waals surface area contributed by atoms with Crippen LogP contribution < -0.4 is 20.1 Å². The summed E-state index contributed by atoms with van der Waals surface area (Å²) in [5.41, 5.74) is -0.747. The number of hydrogen-bond donors (Lipinski definition) is 2. The lowest BCUT2D eigenvalue weighted by atomic mass is 10.1. The molecule has 0 saturated carbocycles. The molecule has 0 radical (unpaired) electrons. The molecule has 1 amide bonds. The van der Waals surface area contributed by atoms with Crippen LogP contribution in [0.4, 0.5) is 0 Å². The molecule has 7 nitrogen and oxygen atoms in total. The van der Waals surface area contributed by atoms with Crippen molar-refractivity contribution in [2.24, 2.45) is 0 Å². The van der Waals surface area contributed by atoms with E-state index in [1.54, 1.807) is 39.0 Å². The number of nitrogens with one attached hydrogen (secondary N) is 2. The number of esters is 1. The molecule has 0 aliphatic carbocycles. The van der Waals surface area contributed by atoms with E-state index in [0.717, 1.165) is 25.9 Å². The van der Waals surface area contributed by atoms with Crippen molar-refractivity contribution in [3.8, 4) is 11.5 Å². The highest BCUT2D eigenvalue weighted by molar-refractivity contribution is 5.95. The average molecular weight is 364 g/mol. The highest BCUT2D eigenvalue weighted by atomic mass is 16.6. The molecule has 1 fully saturated rings. The molecular formula is C19H28N2O5. The molecule has 2 rings (SSSR count). The van der Waals surface area contributed by atoms with Crippen molar-refractivity contribution < 1.29 is 23.8 Å². The van der Waals surface area contributed by atoms with Crippen molar-refractivity contribution in [2.75, 3.05) is 26.8 Å². The van der Waals surface area contributed by atoms with Crippen molar-refractivity contribution in [3.63, 3.8) is 0 Å². The van der Waals surface area contributed by atoms with E-state index < -0.39 is 11.6 Å². The molecule has 0 bridgehead atoms. The number of rotatable bonds is 7. The fourth-order valence-corrected chi connectivity index (χ4v) is 2.76. The molecule has 1 aromatic carbocycles. The second-order valence-corrected chi connectivity index (χ2v) is 6.73. The monoisotopic (exact) mass is 364 g/mol. The molecule has 26 heavy (non-hydrogen) atoms. The Kier molecular flexibility index (Phi) is 6.85. The average Bonchev–Trinajstić information content (AvgIpc) is 2.62. The topological polar surface area (TPSA) is 85.9 Å². The van der Waals surface area contributed by atoms with Gasteiger partial charge in [-0.05, 0) is 58.8 Å². The van der Waals surface area contributed by atoms with Gasteiger partial charge in [-0.2, -0.15) is 0 Å². The van der Waals surface area contributed by atoms with Crippen LogP contribution in [0, 0.1) is 0 Å². The van der Waals surface area contributed by atoms with Gasteiger partial charge in [-0.15, -0.1) is 0 Å². The molecule has 0 atom stereocenters. The Labute approximate surface area is 154 Å². The van der Waals surface area contributed by atoms with Crippen LogP contribution in [0.15, 0.2) is 18.2 Å². The molecule has 0 aromatic heterocycles. The molecule has 1 aliphatic heterocycles. The summed E-state index contributed by atoms with van der Waals surface area (Å²) in [5, 5.41) is 6.30. The van der Waals surface area contributed by atoms with Gasteiger partial charge >= 0.3 is 5.97 Å². The Balaban J connectivity index is 2.16. The van der Waals surface area contributed by atoms with Gasteiger partial charge in [0.05, 0.1) is 13.7 Å². The van der Waals surface area contributed by atoms with E-state index in [1.807, 2.05) is 0 Å². The molecule has 0 spiro atoms. The van der Waals surface area contributed by atoms with Crippen LogP contribution in [-0.2, 0) is 9.53 Å². The van der Waals surface area contributed by atoms with Gasteiger partial charge in [0.2, 0.25) is 0 Å². The van der Waals surface area contributed by atoms with E-state index in [1.165, 1.54) is 7.11 Å². The number of amides is 1. The van der Waals surface area contributed by atoms with Crippen LogP contribution in [0.1, 0.15) is 44.0 Å². The fourth-order valence-electron chi connectivity index (χ4n) is 2.76. The highest BCUT2D eigenvalue weighted by Gasteiger charge is 2.32. The second-order valence-electron chi connectivity index (χ2n) is 6.73. The Bertz CT molecular complexity index is 639. The highest BCUT2D eigenvalue weighted by Crippen LogP contribution is 2.27. The summed E-state index contributed by atoms with van der Waals surface area (Å²) in [6.45, 7) is 7.05. The van der Waals surface area contributed by atoms with Crippen LogP contribution in [-0.4, -0.2) is 50.3 Å². The molecule has 2 N–H and O–H groups in total. The molecule has 1 heterocycles. The van der Waals surface area contributed by atoms with E-state index in [0.29, 0.717) is 17.1 Å². The predicted molar refractivity (Wildman–Crippen MR) is 97.7 cm³/mol. The van der Waals surface area contributed by atoms with Crippen LogP contribution in [0.5, 0.6) is 11.5 Å². The molecular weight excluding hydrogens is 336 g/mol. The summed E-state index contributed by atoms with van der Waals surface area (Å²) in [5.74, 6) is 0.202. The van der Waals surface area contributed by atoms with Crippen molar-refractivity contribution in [1.82, 2.24) is 10.6 Å². The zero-order chi connectivity index (χ0) is 19.2. The van der Waals surface area contributed by atoms with Gasteiger partial charge in [-0.25, -0.2) is 4.79 Å². The van der Waals surface area contributed by atoms with Gasteiger partial charge in [0.25, 0.3) is 5.91 Å². The van der Waals surface area contributed by atoms with E-state index in [-0.39, 0.29) is 18.6 Å². The second kappa shape index (κ2) is 8.89. The van der Waals surface area contributed by atoms with Crippen LogP contribution in [0.2, 0.25) is 0 Å². The number of hydrogen-bond acceptors (Lipinski definition) is 6. The van der Waals surface area contributed by atoms with Gasteiger partial charge in [-0.1, -0.05) is 0 Å². The van der Waals surface area contributed by atoms with Crippen molar-refractivity contribution in [2.45, 2.75) is 45.3 Å². The molecule has 144 valence electrons. The summed E-state index contributed by atoms with van der Waals surface area (Å²) in [6.07, 6.45) is 1.80. The molecule has 1 aromatic rings. The number of ether oxygens (including phenoxy) is 3. The van der Waals surface area contributed by atoms with Crippen molar-refractivity contribution >= 4 is 11.9 Å². The third-order valence-corrected chi connectivity index (χ3v) is 4.19. The third kappa shape index (κ3) is 5.36. The largest absolute Gasteiger partial charge is 0.497 e. The molecule has 0 unspecified atom stereocenters. The standard InChI is InChI=1S/C19H28N2O5/c1-5-25-18(23)19(2,3)26-16-11-13(10-15(12-16)24-4)17(22)21-14-6-8-20-9-7-14/h10-12,14,20H,5-9H2,1-4H3,(H,21,22). The summed E-state index contributed by atoms with van der Waals surface area (Å²) in [4.78, 5) is 24.6. The zero-order valence-corrected chi connectivity index (χ0v) is 15.9. The number of benzene rings is 1. The van der Waals surface area contributed by atoms with Gasteiger partial charge in [0.15, 0.2) is 5.60 Å². The summed E-state index contributed by atoms with van der Waals surface area (Å²) in [7, 11) is 1.52. The smallest absolute Gasteiger partial charge is 0.349 e. The minimum absolute atomic E-state index is 0.148. The van der Waals surface area contributed by atoms with Gasteiger partial charge in [0.1, 0.15) is 11.5 Å². The maximum atomic E-state index is 12.6. The predicted octanol–water partition coefficient (Wildman–Crippen LogP) is 1.90. The van der Waals surface area contributed by atoms with Crippen molar-refractivity contribution in [1.29, 1.82) is 0 Å². The van der Waals surface area contributed by atoms with Gasteiger partial charge in [-0.3, -0.25) is 4.79 Å². The Morgan fingerprint density at radius 1 is 1.19 bits per heavy atom. The van der Waals surface area contributed by atoms with Gasteiger partial charge in [0, 0.05) is 17.7 Å². The third-order valence-electron chi connectivity index (χ3n) is 4.19. The minimum Gasteiger partial charge on any atom is -0.497 e. The first kappa shape index (κ1) is 20.0. The van der Waals surface area contributed by atoms with Crippen LogP contribution in [0.25, 0.3) is 0 Å². The summed E-state index contributed by atoms with van der Waals surface area (Å²) in [6, 6.07) is 5.05. The fraction of sp³-hybridized carbons (Fsp3) is 0.579. The maximum Gasteiger partial charge on any atom is 0.349 e. The normalized spacial score (nSPS) is 15.2. The SMILES string of the molecule is CCOC(=O)C(C)(C)Oc1cc(OC)cc(C(=O)NC2CCNCC2)c1. The lowest BCUT2D eigenvalue weighted by molar-refractivity contribution is -0.158. The number of piperidine rings is 1. The van der Waals surface area contributed by atoms with E-state index in [2.05, 4.69) is 10.6 Å². The van der Waals surface area contributed by atoms with Gasteiger partial charge < -0.3 is 24.8 Å². The summed E-state index contributed by atoms with van der Waals surface area (Å²) < 4.78 is 16.1. The van der Waals surface area contributed by atoms with E-state index in [4.69, 9.17) is 14.2 Å². The lowest BCUT2D eigenvalue weighted by Gasteiger charge is -2.25. The van der Waals surface area contributed by atoms with E-state index >= 15 is 0 Å². The number of carbonyl (C=O) groups excluding carboxylic acids is 2. The first-order valence-electron chi connectivity index (χ1n) is 8.92. The quantitative estimate of drug-likeness (QED) is 0.719. The number of methoxy groups -OCH3 is 1. The zero-order valence-electron chi connectivity index (χ0n) is 15.9. The maximum absolute atomic E-state index is 12.6. The molecule has 7 heteroatoms. The van der Waals surface area contributed by atoms with Crippen LogP contribution >= 0.6 is 0 Å².